The lowest BCUT2D eigenvalue weighted by molar-refractivity contribution is 0.0867. The minimum absolute atomic E-state index is 0.000648. The number of hydrogen-bond donors (Lipinski definition) is 0. The Morgan fingerprint density at radius 2 is 2.00 bits per heavy atom. The van der Waals surface area contributed by atoms with E-state index in [1.54, 1.807) is 6.07 Å². The second kappa shape index (κ2) is 1.96. The fourth-order valence-electron chi connectivity index (χ4n) is 1.89. The zero-order valence-corrected chi connectivity index (χ0v) is 6.33. The van der Waals surface area contributed by atoms with E-state index in [4.69, 9.17) is 4.74 Å². The SMILES string of the molecule is Fc1cccc2c1[C@@H]1C=C[C@@H]2O1. The van der Waals surface area contributed by atoms with Crippen LogP contribution in [0.5, 0.6) is 0 Å². The monoisotopic (exact) mass is 162 g/mol. The van der Waals surface area contributed by atoms with Gasteiger partial charge in [-0.25, -0.2) is 4.39 Å². The Balaban J connectivity index is 2.30. The van der Waals surface area contributed by atoms with Gasteiger partial charge in [0.25, 0.3) is 0 Å². The van der Waals surface area contributed by atoms with E-state index in [9.17, 15) is 4.39 Å². The molecule has 60 valence electrons. The first-order chi connectivity index (χ1) is 5.86. The first kappa shape index (κ1) is 6.38. The van der Waals surface area contributed by atoms with Crippen LogP contribution in [0.2, 0.25) is 0 Å². The Hall–Kier alpha value is -1.15. The van der Waals surface area contributed by atoms with Crippen LogP contribution >= 0.6 is 0 Å². The van der Waals surface area contributed by atoms with Gasteiger partial charge in [0.1, 0.15) is 18.0 Å². The van der Waals surface area contributed by atoms with Gasteiger partial charge in [-0.3, -0.25) is 0 Å². The van der Waals surface area contributed by atoms with Crippen molar-refractivity contribution in [2.45, 2.75) is 12.2 Å². The number of rotatable bonds is 0. The zero-order chi connectivity index (χ0) is 8.13. The minimum Gasteiger partial charge on any atom is -0.357 e. The molecule has 0 saturated carbocycles. The summed E-state index contributed by atoms with van der Waals surface area (Å²) in [6.45, 7) is 0. The van der Waals surface area contributed by atoms with Gasteiger partial charge in [0.05, 0.1) is 0 Å². The summed E-state index contributed by atoms with van der Waals surface area (Å²) in [5.41, 5.74) is 1.72. The highest BCUT2D eigenvalue weighted by molar-refractivity contribution is 5.43. The van der Waals surface area contributed by atoms with Crippen LogP contribution in [0, 0.1) is 5.82 Å². The Morgan fingerprint density at radius 1 is 1.17 bits per heavy atom. The number of hydrogen-bond acceptors (Lipinski definition) is 1. The molecule has 2 heteroatoms. The summed E-state index contributed by atoms with van der Waals surface area (Å²) in [4.78, 5) is 0. The third kappa shape index (κ3) is 0.612. The Labute approximate surface area is 69.5 Å². The van der Waals surface area contributed by atoms with Crippen molar-refractivity contribution in [3.05, 3.63) is 47.3 Å². The molecule has 0 saturated heterocycles. The normalized spacial score (nSPS) is 29.4. The molecule has 2 aliphatic rings. The molecule has 0 fully saturated rings. The van der Waals surface area contributed by atoms with Crippen LogP contribution in [0.1, 0.15) is 23.3 Å². The van der Waals surface area contributed by atoms with Crippen molar-refractivity contribution in [2.24, 2.45) is 0 Å². The first-order valence-electron chi connectivity index (χ1n) is 3.98. The van der Waals surface area contributed by atoms with Crippen LogP contribution in [0.3, 0.4) is 0 Å². The van der Waals surface area contributed by atoms with E-state index in [2.05, 4.69) is 0 Å². The molecule has 0 spiro atoms. The molecular formula is C10H7FO. The maximum absolute atomic E-state index is 13.2. The van der Waals surface area contributed by atoms with Crippen molar-refractivity contribution in [3.63, 3.8) is 0 Å². The van der Waals surface area contributed by atoms with Crippen LogP contribution in [-0.4, -0.2) is 0 Å². The average Bonchev–Trinajstić information content (AvgIpc) is 2.64. The van der Waals surface area contributed by atoms with Crippen molar-refractivity contribution in [3.8, 4) is 0 Å². The molecular weight excluding hydrogens is 155 g/mol. The third-order valence-electron chi connectivity index (χ3n) is 2.43. The van der Waals surface area contributed by atoms with E-state index >= 15 is 0 Å². The number of ether oxygens (including phenoxy) is 1. The van der Waals surface area contributed by atoms with Gasteiger partial charge in [0.2, 0.25) is 0 Å². The molecule has 0 aromatic heterocycles. The Bertz CT molecular complexity index is 370. The largest absolute Gasteiger partial charge is 0.357 e. The summed E-state index contributed by atoms with van der Waals surface area (Å²) in [6.07, 6.45) is 3.76. The predicted octanol–water partition coefficient (Wildman–Crippen LogP) is 2.51. The average molecular weight is 162 g/mol. The molecule has 2 atom stereocenters. The fourth-order valence-corrected chi connectivity index (χ4v) is 1.89. The van der Waals surface area contributed by atoms with Crippen molar-refractivity contribution < 1.29 is 9.13 Å². The standard InChI is InChI=1S/C10H7FO/c11-7-3-1-2-6-8-4-5-9(12-8)10(6)7/h1-5,8-9H/t8-,9-/m0/s1. The van der Waals surface area contributed by atoms with Crippen LogP contribution in [-0.2, 0) is 4.74 Å². The lowest BCUT2D eigenvalue weighted by Gasteiger charge is -2.06. The van der Waals surface area contributed by atoms with Crippen molar-refractivity contribution in [2.75, 3.05) is 0 Å². The van der Waals surface area contributed by atoms with Crippen molar-refractivity contribution in [1.29, 1.82) is 0 Å². The second-order valence-corrected chi connectivity index (χ2v) is 3.10. The number of halogens is 1. The predicted molar refractivity (Wildman–Crippen MR) is 42.1 cm³/mol. The van der Waals surface area contributed by atoms with Gasteiger partial charge < -0.3 is 4.74 Å². The molecule has 1 aromatic carbocycles. The van der Waals surface area contributed by atoms with Crippen molar-refractivity contribution >= 4 is 0 Å². The lowest BCUT2D eigenvalue weighted by Crippen LogP contribution is -1.95. The van der Waals surface area contributed by atoms with Crippen molar-refractivity contribution in [1.82, 2.24) is 0 Å². The summed E-state index contributed by atoms with van der Waals surface area (Å²) in [5, 5.41) is 0. The lowest BCUT2D eigenvalue weighted by atomic mass is 9.97. The summed E-state index contributed by atoms with van der Waals surface area (Å²) < 4.78 is 18.7. The van der Waals surface area contributed by atoms with Gasteiger partial charge in [-0.2, -0.15) is 0 Å². The van der Waals surface area contributed by atoms with Gasteiger partial charge >= 0.3 is 0 Å². The van der Waals surface area contributed by atoms with E-state index in [1.165, 1.54) is 6.07 Å². The Kier molecular flexibility index (Phi) is 1.04. The molecule has 0 amide bonds. The smallest absolute Gasteiger partial charge is 0.129 e. The summed E-state index contributed by atoms with van der Waals surface area (Å²) in [5.74, 6) is -0.149. The van der Waals surface area contributed by atoms with E-state index < -0.39 is 0 Å². The topological polar surface area (TPSA) is 9.23 Å². The van der Waals surface area contributed by atoms with Crippen LogP contribution in [0.4, 0.5) is 4.39 Å². The second-order valence-electron chi connectivity index (χ2n) is 3.10. The molecule has 0 radical (unpaired) electrons. The summed E-state index contributed by atoms with van der Waals surface area (Å²) in [7, 11) is 0. The van der Waals surface area contributed by atoms with Crippen LogP contribution < -0.4 is 0 Å². The van der Waals surface area contributed by atoms with Gasteiger partial charge in [-0.15, -0.1) is 0 Å². The fraction of sp³-hybridized carbons (Fsp3) is 0.200. The van der Waals surface area contributed by atoms with E-state index in [0.29, 0.717) is 0 Å². The van der Waals surface area contributed by atoms with Gasteiger partial charge in [-0.05, 0) is 11.6 Å². The van der Waals surface area contributed by atoms with Crippen LogP contribution in [0.25, 0.3) is 0 Å². The number of fused-ring (bicyclic) bond motifs is 5. The molecule has 0 unspecified atom stereocenters. The highest BCUT2D eigenvalue weighted by Gasteiger charge is 2.35. The molecule has 0 N–H and O–H groups in total. The summed E-state index contributed by atoms with van der Waals surface area (Å²) in [6, 6.07) is 5.13. The maximum Gasteiger partial charge on any atom is 0.129 e. The van der Waals surface area contributed by atoms with Gasteiger partial charge in [0.15, 0.2) is 0 Å². The van der Waals surface area contributed by atoms with Gasteiger partial charge in [-0.1, -0.05) is 24.3 Å². The van der Waals surface area contributed by atoms with E-state index in [0.717, 1.165) is 11.1 Å². The van der Waals surface area contributed by atoms with E-state index in [1.807, 2.05) is 18.2 Å². The third-order valence-corrected chi connectivity index (χ3v) is 2.43. The summed E-state index contributed by atoms with van der Waals surface area (Å²) >= 11 is 0. The van der Waals surface area contributed by atoms with Crippen LogP contribution in [0.15, 0.2) is 30.4 Å². The minimum atomic E-state index is -0.149. The number of benzene rings is 1. The Morgan fingerprint density at radius 3 is 2.83 bits per heavy atom. The molecule has 1 nitrogen and oxygen atoms in total. The zero-order valence-electron chi connectivity index (χ0n) is 6.33. The molecule has 1 aromatic rings. The molecule has 2 heterocycles. The molecule has 2 aliphatic heterocycles. The molecule has 0 aliphatic carbocycles. The molecule has 3 rings (SSSR count). The first-order valence-corrected chi connectivity index (χ1v) is 3.98. The highest BCUT2D eigenvalue weighted by atomic mass is 19.1. The quantitative estimate of drug-likeness (QED) is 0.532. The molecule has 2 bridgehead atoms. The van der Waals surface area contributed by atoms with E-state index in [-0.39, 0.29) is 18.0 Å². The maximum atomic E-state index is 13.2. The highest BCUT2D eigenvalue weighted by Crippen LogP contribution is 2.46. The van der Waals surface area contributed by atoms with Gasteiger partial charge in [0, 0.05) is 5.56 Å². The molecule has 12 heavy (non-hydrogen) atoms.